The standard InChI is InChI=1S/C22H28ClN3O3/c1-4-5-6-16-7-10-18(11-8-16)24-21(27)14-26(2)15-22(28)25-19-13-17(23)9-12-20(19)29-3/h7-13H,4-6,14-15H2,1-3H3,(H,24,27)(H,25,28). The van der Waals surface area contributed by atoms with E-state index in [4.69, 9.17) is 16.3 Å². The first kappa shape index (κ1) is 22.7. The van der Waals surface area contributed by atoms with Crippen LogP contribution in [-0.4, -0.2) is 44.0 Å². The van der Waals surface area contributed by atoms with Crippen molar-refractivity contribution in [1.29, 1.82) is 0 Å². The number of likely N-dealkylation sites (N-methyl/N-ethyl adjacent to an activating group) is 1. The number of carbonyl (C=O) groups excluding carboxylic acids is 2. The van der Waals surface area contributed by atoms with Gasteiger partial charge < -0.3 is 15.4 Å². The number of aryl methyl sites for hydroxylation is 1. The molecule has 7 heteroatoms. The molecule has 0 aliphatic heterocycles. The van der Waals surface area contributed by atoms with Gasteiger partial charge >= 0.3 is 0 Å². The summed E-state index contributed by atoms with van der Waals surface area (Å²) >= 11 is 5.97. The molecule has 2 amide bonds. The number of halogens is 1. The van der Waals surface area contributed by atoms with Crippen molar-refractivity contribution >= 4 is 34.8 Å². The Labute approximate surface area is 177 Å². The Morgan fingerprint density at radius 1 is 1.03 bits per heavy atom. The van der Waals surface area contributed by atoms with Gasteiger partial charge in [0.05, 0.1) is 25.9 Å². The van der Waals surface area contributed by atoms with Crippen LogP contribution in [0, 0.1) is 0 Å². The normalized spacial score (nSPS) is 10.7. The molecule has 0 aliphatic carbocycles. The topological polar surface area (TPSA) is 70.7 Å². The highest BCUT2D eigenvalue weighted by molar-refractivity contribution is 6.31. The van der Waals surface area contributed by atoms with Gasteiger partial charge in [-0.05, 0) is 55.8 Å². The van der Waals surface area contributed by atoms with Crippen molar-refractivity contribution < 1.29 is 14.3 Å². The highest BCUT2D eigenvalue weighted by Crippen LogP contribution is 2.27. The van der Waals surface area contributed by atoms with Crippen LogP contribution in [-0.2, 0) is 16.0 Å². The fraction of sp³-hybridized carbons (Fsp3) is 0.364. The number of nitrogens with one attached hydrogen (secondary N) is 2. The quantitative estimate of drug-likeness (QED) is 0.607. The third-order valence-electron chi connectivity index (χ3n) is 4.32. The van der Waals surface area contributed by atoms with Gasteiger partial charge in [0.2, 0.25) is 11.8 Å². The largest absolute Gasteiger partial charge is 0.495 e. The maximum atomic E-state index is 12.3. The van der Waals surface area contributed by atoms with Gasteiger partial charge in [-0.3, -0.25) is 14.5 Å². The Morgan fingerprint density at radius 3 is 2.31 bits per heavy atom. The van der Waals surface area contributed by atoms with E-state index in [-0.39, 0.29) is 24.9 Å². The number of nitrogens with zero attached hydrogens (tertiary/aromatic N) is 1. The number of carbonyl (C=O) groups is 2. The summed E-state index contributed by atoms with van der Waals surface area (Å²) in [6, 6.07) is 12.9. The van der Waals surface area contributed by atoms with Crippen LogP contribution >= 0.6 is 11.6 Å². The molecule has 6 nitrogen and oxygen atoms in total. The maximum Gasteiger partial charge on any atom is 0.238 e. The monoisotopic (exact) mass is 417 g/mol. The minimum absolute atomic E-state index is 0.0546. The number of ether oxygens (including phenoxy) is 1. The second kappa shape index (κ2) is 11.4. The van der Waals surface area contributed by atoms with E-state index in [1.54, 1.807) is 30.1 Å². The molecule has 156 valence electrons. The second-order valence-electron chi connectivity index (χ2n) is 6.91. The fourth-order valence-corrected chi connectivity index (χ4v) is 3.02. The molecule has 0 heterocycles. The van der Waals surface area contributed by atoms with Crippen LogP contribution in [0.3, 0.4) is 0 Å². The van der Waals surface area contributed by atoms with E-state index in [0.717, 1.165) is 24.9 Å². The molecule has 0 spiro atoms. The molecule has 2 rings (SSSR count). The van der Waals surface area contributed by atoms with Gasteiger partial charge in [0.15, 0.2) is 0 Å². The Kier molecular flexibility index (Phi) is 8.96. The molecule has 2 aromatic carbocycles. The summed E-state index contributed by atoms with van der Waals surface area (Å²) in [4.78, 5) is 26.2. The van der Waals surface area contributed by atoms with Crippen molar-refractivity contribution in [3.05, 3.63) is 53.1 Å². The lowest BCUT2D eigenvalue weighted by atomic mass is 10.1. The first-order valence-corrected chi connectivity index (χ1v) is 9.99. The second-order valence-corrected chi connectivity index (χ2v) is 7.35. The van der Waals surface area contributed by atoms with Gasteiger partial charge in [0.1, 0.15) is 5.75 Å². The number of methoxy groups -OCH3 is 1. The minimum atomic E-state index is -0.263. The lowest BCUT2D eigenvalue weighted by Gasteiger charge is -2.17. The molecule has 2 aromatic rings. The number of rotatable bonds is 10. The van der Waals surface area contributed by atoms with Crippen LogP contribution < -0.4 is 15.4 Å². The number of unbranched alkanes of at least 4 members (excludes halogenated alkanes) is 1. The SMILES string of the molecule is CCCCc1ccc(NC(=O)CN(C)CC(=O)Nc2cc(Cl)ccc2OC)cc1. The van der Waals surface area contributed by atoms with Crippen molar-refractivity contribution in [2.24, 2.45) is 0 Å². The van der Waals surface area contributed by atoms with E-state index >= 15 is 0 Å². The summed E-state index contributed by atoms with van der Waals surface area (Å²) in [5.41, 5.74) is 2.50. The van der Waals surface area contributed by atoms with Crippen molar-refractivity contribution in [3.63, 3.8) is 0 Å². The smallest absolute Gasteiger partial charge is 0.238 e. The molecule has 0 saturated carbocycles. The Bertz CT molecular complexity index is 825. The van der Waals surface area contributed by atoms with Gasteiger partial charge in [0, 0.05) is 10.7 Å². The average Bonchev–Trinajstić information content (AvgIpc) is 2.67. The van der Waals surface area contributed by atoms with Gasteiger partial charge in [0.25, 0.3) is 0 Å². The molecule has 0 unspecified atom stereocenters. The van der Waals surface area contributed by atoms with Crippen LogP contribution in [0.4, 0.5) is 11.4 Å². The molecule has 0 bridgehead atoms. The Balaban J connectivity index is 1.82. The van der Waals surface area contributed by atoms with Gasteiger partial charge in [-0.15, -0.1) is 0 Å². The fourth-order valence-electron chi connectivity index (χ4n) is 2.85. The number of hydrogen-bond acceptors (Lipinski definition) is 4. The minimum Gasteiger partial charge on any atom is -0.495 e. The van der Waals surface area contributed by atoms with Crippen LogP contribution in [0.25, 0.3) is 0 Å². The van der Waals surface area contributed by atoms with Crippen molar-refractivity contribution in [2.75, 3.05) is 37.9 Å². The van der Waals surface area contributed by atoms with E-state index < -0.39 is 0 Å². The van der Waals surface area contributed by atoms with Crippen LogP contribution in [0.15, 0.2) is 42.5 Å². The van der Waals surface area contributed by atoms with Gasteiger partial charge in [-0.1, -0.05) is 37.1 Å². The third-order valence-corrected chi connectivity index (χ3v) is 4.55. The van der Waals surface area contributed by atoms with E-state index in [1.165, 1.54) is 12.7 Å². The summed E-state index contributed by atoms with van der Waals surface area (Å²) in [7, 11) is 3.23. The molecule has 0 aliphatic rings. The van der Waals surface area contributed by atoms with Crippen molar-refractivity contribution in [1.82, 2.24) is 4.90 Å². The van der Waals surface area contributed by atoms with Crippen molar-refractivity contribution in [2.45, 2.75) is 26.2 Å². The van der Waals surface area contributed by atoms with E-state index in [9.17, 15) is 9.59 Å². The van der Waals surface area contributed by atoms with Crippen LogP contribution in [0.5, 0.6) is 5.75 Å². The van der Waals surface area contributed by atoms with Crippen LogP contribution in [0.2, 0.25) is 5.02 Å². The summed E-state index contributed by atoms with van der Waals surface area (Å²) in [5.74, 6) is 0.0774. The number of hydrogen-bond donors (Lipinski definition) is 2. The van der Waals surface area contributed by atoms with Gasteiger partial charge in [-0.2, -0.15) is 0 Å². The highest BCUT2D eigenvalue weighted by atomic mass is 35.5. The van der Waals surface area contributed by atoms with E-state index in [2.05, 4.69) is 17.6 Å². The molecule has 0 saturated heterocycles. The molecular formula is C22H28ClN3O3. The predicted octanol–water partition coefficient (Wildman–Crippen LogP) is 4.20. The molecule has 2 N–H and O–H groups in total. The molecule has 0 aromatic heterocycles. The zero-order valence-corrected chi connectivity index (χ0v) is 17.9. The average molecular weight is 418 g/mol. The molecule has 0 radical (unpaired) electrons. The maximum absolute atomic E-state index is 12.3. The first-order chi connectivity index (χ1) is 13.9. The van der Waals surface area contributed by atoms with Crippen LogP contribution in [0.1, 0.15) is 25.3 Å². The number of anilines is 2. The van der Waals surface area contributed by atoms with E-state index in [1.807, 2.05) is 24.3 Å². The van der Waals surface area contributed by atoms with E-state index in [0.29, 0.717) is 16.5 Å². The zero-order valence-electron chi connectivity index (χ0n) is 17.1. The first-order valence-electron chi connectivity index (χ1n) is 9.62. The zero-order chi connectivity index (χ0) is 21.2. The molecule has 29 heavy (non-hydrogen) atoms. The Morgan fingerprint density at radius 2 is 1.69 bits per heavy atom. The number of benzene rings is 2. The molecule has 0 fully saturated rings. The predicted molar refractivity (Wildman–Crippen MR) is 118 cm³/mol. The summed E-state index contributed by atoms with van der Waals surface area (Å²) in [6.07, 6.45) is 3.35. The summed E-state index contributed by atoms with van der Waals surface area (Å²) in [6.45, 7) is 2.31. The van der Waals surface area contributed by atoms with Crippen molar-refractivity contribution in [3.8, 4) is 5.75 Å². The van der Waals surface area contributed by atoms with Gasteiger partial charge in [-0.25, -0.2) is 0 Å². The summed E-state index contributed by atoms with van der Waals surface area (Å²) in [5, 5.41) is 6.11. The molecular weight excluding hydrogens is 390 g/mol. The third kappa shape index (κ3) is 7.75. The lowest BCUT2D eigenvalue weighted by Crippen LogP contribution is -2.36. The Hall–Kier alpha value is -2.57. The lowest BCUT2D eigenvalue weighted by molar-refractivity contribution is -0.119. The molecule has 0 atom stereocenters. The highest BCUT2D eigenvalue weighted by Gasteiger charge is 2.13. The summed E-state index contributed by atoms with van der Waals surface area (Å²) < 4.78 is 5.22. The number of amides is 2.